The zero-order valence-corrected chi connectivity index (χ0v) is 31.4. The van der Waals surface area contributed by atoms with E-state index in [2.05, 4.69) is 26.1 Å². The van der Waals surface area contributed by atoms with Crippen LogP contribution in [0.25, 0.3) is 0 Å². The number of rotatable bonds is 6. The fourth-order valence-electron chi connectivity index (χ4n) is 6.52. The number of amides is 3. The maximum absolute atomic E-state index is 15.1. The first kappa shape index (κ1) is 36.5. The molecule has 11 heteroatoms. The number of likely N-dealkylation sites (tertiary alicyclic amines) is 1. The lowest BCUT2D eigenvalue weighted by atomic mass is 9.71. The Labute approximate surface area is 300 Å². The number of carbonyl (C=O) groups excluding carboxylic acids is 2. The van der Waals surface area contributed by atoms with Crippen molar-refractivity contribution < 1.29 is 19.1 Å². The van der Waals surface area contributed by atoms with Crippen molar-refractivity contribution in [2.75, 3.05) is 19.7 Å². The molecule has 2 aliphatic heterocycles. The normalized spacial score (nSPS) is 22.6. The van der Waals surface area contributed by atoms with Gasteiger partial charge in [-0.15, -0.1) is 0 Å². The predicted octanol–water partition coefficient (Wildman–Crippen LogP) is 8.70. The second-order valence-electron chi connectivity index (χ2n) is 15.0. The number of alkyl carbamates (subject to hydrolysis) is 1. The molecule has 1 aromatic heterocycles. The molecule has 3 amide bonds. The molecule has 3 atom stereocenters. The second kappa shape index (κ2) is 13.5. The Morgan fingerprint density at radius 3 is 2.10 bits per heavy atom. The van der Waals surface area contributed by atoms with E-state index in [0.29, 0.717) is 53.3 Å². The van der Waals surface area contributed by atoms with Gasteiger partial charge in [0.05, 0.1) is 18.2 Å². The van der Waals surface area contributed by atoms with Crippen LogP contribution >= 0.6 is 23.2 Å². The van der Waals surface area contributed by atoms with Crippen molar-refractivity contribution in [1.29, 1.82) is 0 Å². The molecule has 9 nitrogen and oxygen atoms in total. The lowest BCUT2D eigenvalue weighted by Crippen LogP contribution is -2.58. The molecule has 0 radical (unpaired) electrons. The number of ether oxygens (including phenoxy) is 2. The third kappa shape index (κ3) is 7.24. The molecule has 1 N–H and O–H groups in total. The van der Waals surface area contributed by atoms with Crippen LogP contribution in [0.3, 0.4) is 0 Å². The summed E-state index contributed by atoms with van der Waals surface area (Å²) in [5.41, 5.74) is 0.207. The quantitative estimate of drug-likeness (QED) is 0.277. The Hall–Kier alpha value is -3.82. The highest BCUT2D eigenvalue weighted by Crippen LogP contribution is 2.54. The molecule has 1 saturated heterocycles. The van der Waals surface area contributed by atoms with Crippen molar-refractivity contribution in [3.05, 3.63) is 93.2 Å². The largest absolute Gasteiger partial charge is 0.493 e. The van der Waals surface area contributed by atoms with Gasteiger partial charge in [-0.25, -0.2) is 9.59 Å². The van der Waals surface area contributed by atoms with Crippen molar-refractivity contribution in [1.82, 2.24) is 20.1 Å². The number of urea groups is 1. The van der Waals surface area contributed by atoms with Gasteiger partial charge in [-0.2, -0.15) is 0 Å². The molecule has 1 unspecified atom stereocenters. The first-order valence-corrected chi connectivity index (χ1v) is 17.5. The number of halogens is 2. The van der Waals surface area contributed by atoms with Gasteiger partial charge < -0.3 is 19.7 Å². The number of aromatic nitrogens is 1. The number of aliphatic imine (C=N–C) groups is 1. The molecule has 262 valence electrons. The summed E-state index contributed by atoms with van der Waals surface area (Å²) in [5, 5.41) is 4.12. The summed E-state index contributed by atoms with van der Waals surface area (Å²) in [4.78, 5) is 41.7. The molecule has 5 rings (SSSR count). The second-order valence-corrected chi connectivity index (χ2v) is 15.9. The fraction of sp³-hybridized carbons (Fsp3) is 0.474. The van der Waals surface area contributed by atoms with Crippen LogP contribution in [0.5, 0.6) is 5.75 Å². The zero-order valence-electron chi connectivity index (χ0n) is 29.9. The Kier molecular flexibility index (Phi) is 10.0. The number of pyridine rings is 1. The summed E-state index contributed by atoms with van der Waals surface area (Å²) < 4.78 is 11.8. The van der Waals surface area contributed by atoms with Gasteiger partial charge >= 0.3 is 12.1 Å². The summed E-state index contributed by atoms with van der Waals surface area (Å²) >= 11 is 12.8. The van der Waals surface area contributed by atoms with Gasteiger partial charge in [0.2, 0.25) is 0 Å². The van der Waals surface area contributed by atoms with E-state index in [0.717, 1.165) is 16.8 Å². The van der Waals surface area contributed by atoms with E-state index in [1.807, 2.05) is 96.1 Å². The summed E-state index contributed by atoms with van der Waals surface area (Å²) in [5.74, 6) is 1.02. The standard InChI is InChI=1S/C38H47Cl2N5O4/c1-10-48-30-21-31(35(2,3)4)41-22-29(30)32-43-37(8,24-11-15-26(39)16-12-24)38(9,25-13-17-27(40)18-14-25)45(32)34(47)44-20-19-28(23-44)42-33(46)49-36(5,6)7/h11-18,21-22,28H,10,19-20,23H2,1-9H3,(H,42,46)/t28?,37-,38+/m0/s1. The van der Waals surface area contributed by atoms with Gasteiger partial charge in [-0.05, 0) is 83.4 Å². The van der Waals surface area contributed by atoms with Crippen LogP contribution in [-0.2, 0) is 21.2 Å². The summed E-state index contributed by atoms with van der Waals surface area (Å²) in [7, 11) is 0. The number of hydrogen-bond acceptors (Lipinski definition) is 6. The van der Waals surface area contributed by atoms with E-state index in [1.54, 1.807) is 16.0 Å². The van der Waals surface area contributed by atoms with Crippen LogP contribution in [0.4, 0.5) is 9.59 Å². The van der Waals surface area contributed by atoms with Crippen molar-refractivity contribution in [3.63, 3.8) is 0 Å². The first-order valence-electron chi connectivity index (χ1n) is 16.7. The van der Waals surface area contributed by atoms with Gasteiger partial charge in [-0.1, -0.05) is 68.2 Å². The van der Waals surface area contributed by atoms with E-state index in [-0.39, 0.29) is 17.5 Å². The van der Waals surface area contributed by atoms with Crippen molar-refractivity contribution in [3.8, 4) is 5.75 Å². The van der Waals surface area contributed by atoms with Crippen LogP contribution in [0, 0.1) is 0 Å². The van der Waals surface area contributed by atoms with Gasteiger partial charge in [0, 0.05) is 46.5 Å². The highest BCUT2D eigenvalue weighted by atomic mass is 35.5. The van der Waals surface area contributed by atoms with Crippen LogP contribution in [0.2, 0.25) is 10.0 Å². The molecule has 3 aromatic rings. The number of nitrogens with one attached hydrogen (secondary N) is 1. The van der Waals surface area contributed by atoms with Gasteiger partial charge in [0.15, 0.2) is 0 Å². The van der Waals surface area contributed by atoms with Gasteiger partial charge in [-0.3, -0.25) is 14.9 Å². The molecular formula is C38H47Cl2N5O4. The smallest absolute Gasteiger partial charge is 0.407 e. The van der Waals surface area contributed by atoms with Crippen LogP contribution < -0.4 is 10.1 Å². The number of nitrogens with zero attached hydrogens (tertiary/aromatic N) is 4. The summed E-state index contributed by atoms with van der Waals surface area (Å²) in [6.45, 7) is 18.9. The molecule has 1 fully saturated rings. The molecule has 0 spiro atoms. The Morgan fingerprint density at radius 1 is 0.959 bits per heavy atom. The number of benzene rings is 2. The SMILES string of the molecule is CCOc1cc(C(C)(C)C)ncc1C1=N[C@@](C)(c2ccc(Cl)cc2)[C@@](C)(c2ccc(Cl)cc2)N1C(=O)N1CCC(NC(=O)OC(C)(C)C)C1. The van der Waals surface area contributed by atoms with E-state index in [1.165, 1.54) is 0 Å². The third-order valence-corrected chi connectivity index (χ3v) is 9.80. The topological polar surface area (TPSA) is 96.4 Å². The molecule has 2 aromatic carbocycles. The minimum atomic E-state index is -1.07. The van der Waals surface area contributed by atoms with Crippen molar-refractivity contribution in [2.24, 2.45) is 4.99 Å². The Morgan fingerprint density at radius 2 is 1.55 bits per heavy atom. The lowest BCUT2D eigenvalue weighted by molar-refractivity contribution is 0.0504. The van der Waals surface area contributed by atoms with Crippen LogP contribution in [0.15, 0.2) is 65.8 Å². The van der Waals surface area contributed by atoms with Crippen LogP contribution in [-0.4, -0.2) is 64.1 Å². The highest BCUT2D eigenvalue weighted by molar-refractivity contribution is 6.30. The lowest BCUT2D eigenvalue weighted by Gasteiger charge is -2.46. The third-order valence-electron chi connectivity index (χ3n) is 9.30. The molecular weight excluding hydrogens is 661 g/mol. The Bertz CT molecular complexity index is 1730. The van der Waals surface area contributed by atoms with Gasteiger partial charge in [0.25, 0.3) is 0 Å². The number of amidine groups is 1. The highest BCUT2D eigenvalue weighted by Gasteiger charge is 2.60. The molecule has 0 bridgehead atoms. The van der Waals surface area contributed by atoms with Gasteiger partial charge in [0.1, 0.15) is 28.3 Å². The number of carbonyl (C=O) groups is 2. The zero-order chi connectivity index (χ0) is 35.9. The molecule has 0 saturated carbocycles. The average molecular weight is 709 g/mol. The fourth-order valence-corrected chi connectivity index (χ4v) is 6.78. The monoisotopic (exact) mass is 707 g/mol. The minimum Gasteiger partial charge on any atom is -0.493 e. The maximum Gasteiger partial charge on any atom is 0.407 e. The van der Waals surface area contributed by atoms with E-state index < -0.39 is 22.8 Å². The Balaban J connectivity index is 1.68. The predicted molar refractivity (Wildman–Crippen MR) is 195 cm³/mol. The van der Waals surface area contributed by atoms with E-state index in [4.69, 9.17) is 42.7 Å². The van der Waals surface area contributed by atoms with E-state index in [9.17, 15) is 4.79 Å². The summed E-state index contributed by atoms with van der Waals surface area (Å²) in [6, 6.07) is 16.5. The summed E-state index contributed by atoms with van der Waals surface area (Å²) in [6.07, 6.45) is 1.82. The minimum absolute atomic E-state index is 0.237. The van der Waals surface area contributed by atoms with E-state index >= 15 is 4.79 Å². The number of hydrogen-bond donors (Lipinski definition) is 1. The first-order chi connectivity index (χ1) is 22.9. The van der Waals surface area contributed by atoms with Crippen molar-refractivity contribution >= 4 is 41.2 Å². The molecule has 0 aliphatic carbocycles. The average Bonchev–Trinajstić information content (AvgIpc) is 3.57. The van der Waals surface area contributed by atoms with Crippen molar-refractivity contribution in [2.45, 2.75) is 96.9 Å². The molecule has 49 heavy (non-hydrogen) atoms. The molecule has 3 heterocycles. The van der Waals surface area contributed by atoms with Crippen LogP contribution in [0.1, 0.15) is 91.1 Å². The maximum atomic E-state index is 15.1. The molecule has 2 aliphatic rings.